The lowest BCUT2D eigenvalue weighted by Crippen LogP contribution is -2.37. The van der Waals surface area contributed by atoms with Gasteiger partial charge in [-0.3, -0.25) is 18.6 Å². The zero-order valence-corrected chi connectivity index (χ0v) is 35.8. The Morgan fingerprint density at radius 3 is 1.63 bits per heavy atom. The van der Waals surface area contributed by atoms with Gasteiger partial charge in [0.05, 0.1) is 27.7 Å². The summed E-state index contributed by atoms with van der Waals surface area (Å²) in [7, 11) is 1.44. The average Bonchev–Trinajstić information content (AvgIpc) is 3.12. The van der Waals surface area contributed by atoms with Gasteiger partial charge in [0.2, 0.25) is 0 Å². The SMILES string of the molecule is CC/C=C/C/C=C/C/C=C/C/C=C/CCCCC(=O)O[C@H](COC(=O)CCCCCCCCC/C=C/CCCCCC)COP(=O)(O)OCC[N+](C)(C)C. The Morgan fingerprint density at radius 1 is 0.593 bits per heavy atom. The Balaban J connectivity index is 4.47. The summed E-state index contributed by atoms with van der Waals surface area (Å²) >= 11 is 0. The van der Waals surface area contributed by atoms with Gasteiger partial charge in [-0.2, -0.15) is 0 Å². The number of esters is 2. The summed E-state index contributed by atoms with van der Waals surface area (Å²) in [6, 6.07) is 0. The first-order valence-electron chi connectivity index (χ1n) is 21.0. The molecule has 0 aliphatic rings. The molecule has 0 bridgehead atoms. The van der Waals surface area contributed by atoms with E-state index in [1.165, 1.54) is 51.4 Å². The molecule has 54 heavy (non-hydrogen) atoms. The summed E-state index contributed by atoms with van der Waals surface area (Å²) in [5.74, 6) is -0.858. The highest BCUT2D eigenvalue weighted by atomic mass is 31.2. The molecule has 0 aromatic heterocycles. The number of phosphoric ester groups is 1. The third-order valence-corrected chi connectivity index (χ3v) is 9.52. The molecule has 0 rings (SSSR count). The maximum atomic E-state index is 12.6. The number of hydrogen-bond donors (Lipinski definition) is 1. The van der Waals surface area contributed by atoms with Gasteiger partial charge in [-0.25, -0.2) is 4.57 Å². The summed E-state index contributed by atoms with van der Waals surface area (Å²) in [6.07, 6.45) is 42.7. The van der Waals surface area contributed by atoms with E-state index in [0.717, 1.165) is 70.6 Å². The van der Waals surface area contributed by atoms with Gasteiger partial charge in [0.15, 0.2) is 6.10 Å². The van der Waals surface area contributed by atoms with Crippen LogP contribution in [0.3, 0.4) is 0 Å². The van der Waals surface area contributed by atoms with E-state index < -0.39 is 26.5 Å². The van der Waals surface area contributed by atoms with Crippen molar-refractivity contribution in [2.45, 2.75) is 161 Å². The first-order valence-corrected chi connectivity index (χ1v) is 22.5. The van der Waals surface area contributed by atoms with Crippen LogP contribution in [0.2, 0.25) is 0 Å². The number of rotatable bonds is 37. The third kappa shape index (κ3) is 39.4. The van der Waals surface area contributed by atoms with Crippen LogP contribution in [0.1, 0.15) is 155 Å². The minimum Gasteiger partial charge on any atom is -0.462 e. The van der Waals surface area contributed by atoms with Crippen LogP contribution < -0.4 is 0 Å². The second-order valence-corrected chi connectivity index (χ2v) is 16.4. The van der Waals surface area contributed by atoms with Crippen molar-refractivity contribution in [2.75, 3.05) is 47.5 Å². The molecule has 0 amide bonds. The first-order chi connectivity index (χ1) is 26.0. The second-order valence-electron chi connectivity index (χ2n) is 15.0. The number of quaternary nitrogens is 1. The van der Waals surface area contributed by atoms with Crippen LogP contribution in [0.15, 0.2) is 60.8 Å². The van der Waals surface area contributed by atoms with Crippen LogP contribution in [0.5, 0.6) is 0 Å². The molecule has 1 unspecified atom stereocenters. The number of nitrogens with zero attached hydrogens (tertiary/aromatic N) is 1. The maximum Gasteiger partial charge on any atom is 0.472 e. The molecule has 9 nitrogen and oxygen atoms in total. The van der Waals surface area contributed by atoms with Gasteiger partial charge in [-0.1, -0.05) is 126 Å². The fourth-order valence-electron chi connectivity index (χ4n) is 5.23. The highest BCUT2D eigenvalue weighted by Crippen LogP contribution is 2.43. The van der Waals surface area contributed by atoms with E-state index in [4.69, 9.17) is 18.5 Å². The van der Waals surface area contributed by atoms with E-state index in [9.17, 15) is 19.0 Å². The molecule has 1 N–H and O–H groups in total. The highest BCUT2D eigenvalue weighted by Gasteiger charge is 2.27. The maximum absolute atomic E-state index is 12.6. The van der Waals surface area contributed by atoms with Gasteiger partial charge in [0.1, 0.15) is 19.8 Å². The average molecular weight is 781 g/mol. The lowest BCUT2D eigenvalue weighted by atomic mass is 10.1. The van der Waals surface area contributed by atoms with Crippen LogP contribution in [0.25, 0.3) is 0 Å². The van der Waals surface area contributed by atoms with E-state index in [1.54, 1.807) is 0 Å². The van der Waals surface area contributed by atoms with Crippen LogP contribution in [0, 0.1) is 0 Å². The minimum absolute atomic E-state index is 0.0204. The number of ether oxygens (including phenoxy) is 2. The molecule has 0 saturated carbocycles. The molecule has 0 aliphatic carbocycles. The van der Waals surface area contributed by atoms with Crippen molar-refractivity contribution in [1.82, 2.24) is 0 Å². The molecule has 0 radical (unpaired) electrons. The smallest absolute Gasteiger partial charge is 0.462 e. The molecule has 0 aromatic rings. The van der Waals surface area contributed by atoms with E-state index in [0.29, 0.717) is 17.4 Å². The summed E-state index contributed by atoms with van der Waals surface area (Å²) in [6.45, 7) is 4.22. The Labute approximate surface area is 330 Å². The van der Waals surface area contributed by atoms with Gasteiger partial charge < -0.3 is 18.9 Å². The number of phosphoric acid groups is 1. The number of carbonyl (C=O) groups excluding carboxylic acids is 2. The number of likely N-dealkylation sites (N-methyl/N-ethyl adjacent to an activating group) is 1. The molecule has 0 aliphatic heterocycles. The Bertz CT molecular complexity index is 1110. The number of allylic oxidation sites excluding steroid dienone is 10. The first kappa shape index (κ1) is 51.7. The van der Waals surface area contributed by atoms with Crippen LogP contribution in [0.4, 0.5) is 0 Å². The van der Waals surface area contributed by atoms with Crippen molar-refractivity contribution >= 4 is 19.8 Å². The lowest BCUT2D eigenvalue weighted by molar-refractivity contribution is -0.870. The van der Waals surface area contributed by atoms with E-state index >= 15 is 0 Å². The third-order valence-electron chi connectivity index (χ3n) is 8.53. The van der Waals surface area contributed by atoms with Crippen LogP contribution in [-0.4, -0.2) is 74.9 Å². The number of unbranched alkanes of at least 4 members (excludes halogenated alkanes) is 13. The number of hydrogen-bond acceptors (Lipinski definition) is 7. The zero-order valence-electron chi connectivity index (χ0n) is 34.9. The van der Waals surface area contributed by atoms with E-state index in [2.05, 4.69) is 74.6 Å². The van der Waals surface area contributed by atoms with E-state index in [1.807, 2.05) is 21.1 Å². The second kappa shape index (κ2) is 36.4. The Morgan fingerprint density at radius 2 is 1.06 bits per heavy atom. The van der Waals surface area contributed by atoms with Gasteiger partial charge in [-0.15, -0.1) is 0 Å². The van der Waals surface area contributed by atoms with E-state index in [-0.39, 0.29) is 32.0 Å². The molecule has 0 fully saturated rings. The van der Waals surface area contributed by atoms with Crippen LogP contribution in [-0.2, 0) is 32.7 Å². The van der Waals surface area contributed by atoms with Crippen molar-refractivity contribution in [2.24, 2.45) is 0 Å². The molecule has 0 saturated heterocycles. The fourth-order valence-corrected chi connectivity index (χ4v) is 5.97. The van der Waals surface area contributed by atoms with Gasteiger partial charge in [0.25, 0.3) is 0 Å². The Hall–Kier alpha value is -2.29. The van der Waals surface area contributed by atoms with Crippen molar-refractivity contribution < 1.29 is 42.1 Å². The summed E-state index contributed by atoms with van der Waals surface area (Å²) in [4.78, 5) is 35.3. The monoisotopic (exact) mass is 781 g/mol. The van der Waals surface area contributed by atoms with Crippen molar-refractivity contribution in [3.8, 4) is 0 Å². The Kier molecular flexibility index (Phi) is 34.8. The molecule has 0 aromatic carbocycles. The molecule has 0 heterocycles. The van der Waals surface area contributed by atoms with Crippen molar-refractivity contribution in [3.05, 3.63) is 60.8 Å². The van der Waals surface area contributed by atoms with Gasteiger partial charge >= 0.3 is 19.8 Å². The van der Waals surface area contributed by atoms with Gasteiger partial charge in [0, 0.05) is 12.8 Å². The normalized spacial score (nSPS) is 14.3. The quantitative estimate of drug-likeness (QED) is 0.0218. The highest BCUT2D eigenvalue weighted by molar-refractivity contribution is 7.47. The van der Waals surface area contributed by atoms with Crippen LogP contribution >= 0.6 is 7.82 Å². The van der Waals surface area contributed by atoms with Gasteiger partial charge in [-0.05, 0) is 77.0 Å². The molecular weight excluding hydrogens is 701 g/mol. The summed E-state index contributed by atoms with van der Waals surface area (Å²) in [5.41, 5.74) is 0. The molecule has 2 atom stereocenters. The topological polar surface area (TPSA) is 108 Å². The predicted molar refractivity (Wildman–Crippen MR) is 224 cm³/mol. The number of carbonyl (C=O) groups is 2. The molecule has 10 heteroatoms. The zero-order chi connectivity index (χ0) is 40.0. The molecule has 0 spiro atoms. The molecular formula is C44H79NO8P+. The molecule has 312 valence electrons. The predicted octanol–water partition coefficient (Wildman–Crippen LogP) is 11.7. The van der Waals surface area contributed by atoms with Crippen molar-refractivity contribution in [3.63, 3.8) is 0 Å². The summed E-state index contributed by atoms with van der Waals surface area (Å²) < 4.78 is 34.2. The standard InChI is InChI=1S/C44H78NO8P/c1-6-8-10-12-14-16-18-20-22-24-26-28-30-32-34-36-43(46)50-40-42(41-52-54(48,49)51-39-38-45(3,4)5)53-44(47)37-35-33-31-29-27-25-23-21-19-17-15-13-11-9-7-2/h9,11,15-18,21,23,27,29,42H,6-8,10,12-14,19-20,22,24-26,28,30-41H2,1-5H3/p+1/b11-9+,17-15+,18-16+,23-21+,29-27+/t42-/m1/s1. The summed E-state index contributed by atoms with van der Waals surface area (Å²) in [5, 5.41) is 0. The minimum atomic E-state index is -4.39. The fraction of sp³-hybridized carbons (Fsp3) is 0.727. The van der Waals surface area contributed by atoms with Crippen molar-refractivity contribution in [1.29, 1.82) is 0 Å². The lowest BCUT2D eigenvalue weighted by Gasteiger charge is -2.24. The largest absolute Gasteiger partial charge is 0.472 e.